The van der Waals surface area contributed by atoms with Crippen LogP contribution in [0.2, 0.25) is 0 Å². The zero-order valence-corrected chi connectivity index (χ0v) is 17.5. The lowest BCUT2D eigenvalue weighted by Crippen LogP contribution is -2.17. The molecule has 0 aromatic heterocycles. The smallest absolute Gasteiger partial charge is 0.334 e. The summed E-state index contributed by atoms with van der Waals surface area (Å²) in [5.41, 5.74) is 1.50. The van der Waals surface area contributed by atoms with Gasteiger partial charge in [-0.15, -0.1) is 0 Å². The second-order valence-corrected chi connectivity index (χ2v) is 7.10. The summed E-state index contributed by atoms with van der Waals surface area (Å²) in [5.74, 6) is 0.00426. The number of hydrogen-bond acceptors (Lipinski definition) is 6. The summed E-state index contributed by atoms with van der Waals surface area (Å²) >= 11 is 0. The molecule has 3 aromatic rings. The Morgan fingerprint density at radius 1 is 0.968 bits per heavy atom. The molecule has 3 aromatic carbocycles. The van der Waals surface area contributed by atoms with Gasteiger partial charge in [0, 0.05) is 5.56 Å². The van der Waals surface area contributed by atoms with E-state index >= 15 is 0 Å². The molecule has 1 fully saturated rings. The lowest BCUT2D eigenvalue weighted by Gasteiger charge is -2.14. The van der Waals surface area contributed by atoms with Crippen LogP contribution in [0, 0.1) is 5.92 Å². The van der Waals surface area contributed by atoms with Gasteiger partial charge in [0.1, 0.15) is 6.61 Å². The largest absolute Gasteiger partial charge is 0.493 e. The Balaban J connectivity index is 1.77. The number of cyclic esters (lactones) is 1. The third kappa shape index (κ3) is 3.72. The molecule has 6 nitrogen and oxygen atoms in total. The second-order valence-electron chi connectivity index (χ2n) is 7.10. The Kier molecular flexibility index (Phi) is 5.62. The number of fused-ring (bicyclic) bond motifs is 1. The van der Waals surface area contributed by atoms with Crippen molar-refractivity contribution < 1.29 is 28.5 Å². The molecule has 1 atom stereocenters. The molecule has 0 saturated carbocycles. The van der Waals surface area contributed by atoms with E-state index in [0.29, 0.717) is 33.9 Å². The fourth-order valence-corrected chi connectivity index (χ4v) is 3.84. The molecule has 31 heavy (non-hydrogen) atoms. The van der Waals surface area contributed by atoms with E-state index in [4.69, 9.17) is 18.9 Å². The summed E-state index contributed by atoms with van der Waals surface area (Å²) in [6, 6.07) is 16.7. The zero-order chi connectivity index (χ0) is 22.0. The first-order chi connectivity index (χ1) is 15.1. The van der Waals surface area contributed by atoms with Crippen molar-refractivity contribution in [2.24, 2.45) is 5.92 Å². The topological polar surface area (TPSA) is 71.1 Å². The highest BCUT2D eigenvalue weighted by Crippen LogP contribution is 2.39. The van der Waals surface area contributed by atoms with Crippen molar-refractivity contribution in [3.8, 4) is 17.2 Å². The highest BCUT2D eigenvalue weighted by Gasteiger charge is 2.37. The molecule has 0 amide bonds. The normalized spacial score (nSPS) is 16.9. The number of ketones is 1. The van der Waals surface area contributed by atoms with Crippen molar-refractivity contribution in [3.05, 3.63) is 71.3 Å². The first-order valence-corrected chi connectivity index (χ1v) is 9.78. The number of benzene rings is 3. The van der Waals surface area contributed by atoms with Gasteiger partial charge in [0.25, 0.3) is 0 Å². The summed E-state index contributed by atoms with van der Waals surface area (Å²) < 4.78 is 21.4. The number of rotatable bonds is 6. The highest BCUT2D eigenvalue weighted by molar-refractivity contribution is 6.14. The van der Waals surface area contributed by atoms with Crippen LogP contribution >= 0.6 is 0 Å². The fraction of sp³-hybridized carbons (Fsp3) is 0.200. The third-order valence-electron chi connectivity index (χ3n) is 5.37. The first kappa shape index (κ1) is 20.5. The fourth-order valence-electron chi connectivity index (χ4n) is 3.84. The Morgan fingerprint density at radius 2 is 1.65 bits per heavy atom. The van der Waals surface area contributed by atoms with E-state index in [0.717, 1.165) is 10.8 Å². The monoisotopic (exact) mass is 418 g/mol. The van der Waals surface area contributed by atoms with Crippen LogP contribution in [0.1, 0.15) is 15.9 Å². The lowest BCUT2D eigenvalue weighted by molar-refractivity contribution is -0.135. The van der Waals surface area contributed by atoms with Gasteiger partial charge < -0.3 is 18.9 Å². The molecule has 1 aliphatic heterocycles. The first-order valence-electron chi connectivity index (χ1n) is 9.78. The van der Waals surface area contributed by atoms with Crippen molar-refractivity contribution >= 4 is 28.6 Å². The number of ether oxygens (including phenoxy) is 4. The summed E-state index contributed by atoms with van der Waals surface area (Å²) in [4.78, 5) is 25.9. The number of carbonyl (C=O) groups excluding carboxylic acids is 2. The minimum Gasteiger partial charge on any atom is -0.493 e. The van der Waals surface area contributed by atoms with E-state index in [1.807, 2.05) is 36.4 Å². The molecule has 6 heteroatoms. The molecule has 1 heterocycles. The predicted molar refractivity (Wildman–Crippen MR) is 117 cm³/mol. The van der Waals surface area contributed by atoms with Gasteiger partial charge in [-0.1, -0.05) is 42.5 Å². The molecule has 1 aliphatic rings. The molecule has 1 saturated heterocycles. The predicted octanol–water partition coefficient (Wildman–Crippen LogP) is 4.30. The van der Waals surface area contributed by atoms with Crippen LogP contribution < -0.4 is 14.2 Å². The summed E-state index contributed by atoms with van der Waals surface area (Å²) in [6.45, 7) is 0.0111. The SMILES string of the molecule is COc1cc(/C=C2/C(=O)OCC2C(=O)c2cccc3ccccc23)cc(OC)c1OC. The Bertz CT molecular complexity index is 1160. The average molecular weight is 418 g/mol. The van der Waals surface area contributed by atoms with Crippen LogP contribution in [-0.4, -0.2) is 39.7 Å². The molecular weight excluding hydrogens is 396 g/mol. The van der Waals surface area contributed by atoms with Crippen LogP contribution in [0.3, 0.4) is 0 Å². The van der Waals surface area contributed by atoms with Crippen molar-refractivity contribution in [1.82, 2.24) is 0 Å². The zero-order valence-electron chi connectivity index (χ0n) is 17.5. The Morgan fingerprint density at radius 3 is 2.32 bits per heavy atom. The van der Waals surface area contributed by atoms with Crippen LogP contribution in [0.25, 0.3) is 16.8 Å². The molecule has 0 N–H and O–H groups in total. The number of methoxy groups -OCH3 is 3. The maximum atomic E-state index is 13.4. The number of esters is 1. The Labute approximate surface area is 180 Å². The molecule has 0 spiro atoms. The van der Waals surface area contributed by atoms with Gasteiger partial charge in [-0.25, -0.2) is 4.79 Å². The van der Waals surface area contributed by atoms with Gasteiger partial charge >= 0.3 is 5.97 Å². The molecule has 4 rings (SSSR count). The summed E-state index contributed by atoms with van der Waals surface area (Å²) in [6.07, 6.45) is 1.65. The number of carbonyl (C=O) groups is 2. The quantitative estimate of drug-likeness (QED) is 0.338. The molecule has 1 unspecified atom stereocenters. The van der Waals surface area contributed by atoms with Gasteiger partial charge in [-0.3, -0.25) is 4.79 Å². The van der Waals surface area contributed by atoms with Gasteiger partial charge in [-0.2, -0.15) is 0 Å². The average Bonchev–Trinajstić information content (AvgIpc) is 3.17. The van der Waals surface area contributed by atoms with E-state index in [1.165, 1.54) is 21.3 Å². The molecule has 0 aliphatic carbocycles. The number of hydrogen-bond donors (Lipinski definition) is 0. The summed E-state index contributed by atoms with van der Waals surface area (Å²) in [7, 11) is 4.56. The summed E-state index contributed by atoms with van der Waals surface area (Å²) in [5, 5.41) is 1.82. The lowest BCUT2D eigenvalue weighted by atomic mass is 9.89. The van der Waals surface area contributed by atoms with Crippen LogP contribution in [0.15, 0.2) is 60.2 Å². The van der Waals surface area contributed by atoms with E-state index in [-0.39, 0.29) is 12.4 Å². The molecule has 158 valence electrons. The Hall–Kier alpha value is -3.80. The number of Topliss-reactive ketones (excluding diaryl/α,β-unsaturated/α-hetero) is 1. The standard InChI is InChI=1S/C25H22O6/c1-28-21-12-15(13-22(29-2)24(21)30-3)11-19-20(14-31-25(19)27)23(26)18-10-6-8-16-7-4-5-9-17(16)18/h4-13,20H,14H2,1-3H3/b19-11+. The van der Waals surface area contributed by atoms with E-state index in [9.17, 15) is 9.59 Å². The van der Waals surface area contributed by atoms with Crippen molar-refractivity contribution in [2.45, 2.75) is 0 Å². The maximum Gasteiger partial charge on any atom is 0.334 e. The van der Waals surface area contributed by atoms with E-state index in [1.54, 1.807) is 24.3 Å². The van der Waals surface area contributed by atoms with Crippen molar-refractivity contribution in [1.29, 1.82) is 0 Å². The molecular formula is C25H22O6. The highest BCUT2D eigenvalue weighted by atomic mass is 16.5. The van der Waals surface area contributed by atoms with Crippen LogP contribution in [-0.2, 0) is 9.53 Å². The molecule has 0 bridgehead atoms. The van der Waals surface area contributed by atoms with E-state index in [2.05, 4.69) is 0 Å². The van der Waals surface area contributed by atoms with Crippen molar-refractivity contribution in [3.63, 3.8) is 0 Å². The van der Waals surface area contributed by atoms with Gasteiger partial charge in [0.15, 0.2) is 17.3 Å². The van der Waals surface area contributed by atoms with Gasteiger partial charge in [0.2, 0.25) is 5.75 Å². The minimum atomic E-state index is -0.697. The van der Waals surface area contributed by atoms with Gasteiger partial charge in [-0.05, 0) is 34.5 Å². The third-order valence-corrected chi connectivity index (χ3v) is 5.37. The maximum absolute atomic E-state index is 13.4. The van der Waals surface area contributed by atoms with Crippen LogP contribution in [0.5, 0.6) is 17.2 Å². The second kappa shape index (κ2) is 8.52. The van der Waals surface area contributed by atoms with Gasteiger partial charge in [0.05, 0.1) is 32.8 Å². The minimum absolute atomic E-state index is 0.0111. The van der Waals surface area contributed by atoms with Crippen molar-refractivity contribution in [2.75, 3.05) is 27.9 Å². The van der Waals surface area contributed by atoms with E-state index < -0.39 is 11.9 Å². The molecule has 0 radical (unpaired) electrons. The van der Waals surface area contributed by atoms with Crippen LogP contribution in [0.4, 0.5) is 0 Å².